The minimum atomic E-state index is 0.0834. The molecule has 0 saturated heterocycles. The summed E-state index contributed by atoms with van der Waals surface area (Å²) in [5.41, 5.74) is 7.80. The van der Waals surface area contributed by atoms with Crippen LogP contribution in [-0.4, -0.2) is 5.78 Å². The minimum Gasteiger partial charge on any atom is -0.289 e. The van der Waals surface area contributed by atoms with Crippen LogP contribution >= 0.6 is 0 Å². The van der Waals surface area contributed by atoms with E-state index in [9.17, 15) is 4.79 Å². The van der Waals surface area contributed by atoms with Gasteiger partial charge in [0.2, 0.25) is 0 Å². The Morgan fingerprint density at radius 1 is 0.762 bits per heavy atom. The van der Waals surface area contributed by atoms with Crippen molar-refractivity contribution in [2.24, 2.45) is 0 Å². The Balaban J connectivity index is 2.43. The number of hydrogen-bond donors (Lipinski definition) is 0. The summed E-state index contributed by atoms with van der Waals surface area (Å²) in [6.07, 6.45) is 3.56. The van der Waals surface area contributed by atoms with E-state index < -0.39 is 0 Å². The van der Waals surface area contributed by atoms with Gasteiger partial charge in [0.05, 0.1) is 0 Å². The number of benzene rings is 2. The molecule has 2 aromatic carbocycles. The van der Waals surface area contributed by atoms with Crippen LogP contribution in [0.25, 0.3) is 6.08 Å². The lowest BCUT2D eigenvalue weighted by Crippen LogP contribution is -2.07. The van der Waals surface area contributed by atoms with Gasteiger partial charge in [0, 0.05) is 5.56 Å². The highest BCUT2D eigenvalue weighted by molar-refractivity contribution is 6.09. The van der Waals surface area contributed by atoms with Crippen molar-refractivity contribution in [2.75, 3.05) is 0 Å². The molecule has 0 spiro atoms. The third kappa shape index (κ3) is 2.97. The second kappa shape index (κ2) is 6.09. The van der Waals surface area contributed by atoms with Gasteiger partial charge in [-0.25, -0.2) is 0 Å². The summed E-state index contributed by atoms with van der Waals surface area (Å²) in [4.78, 5) is 12.6. The standard InChI is InChI=1S/C20H22O/c1-13-14(2)16(4)20(17(5)15(13)3)19(21)12-11-18-9-7-6-8-10-18/h6-12H,1-5H3. The molecule has 0 amide bonds. The summed E-state index contributed by atoms with van der Waals surface area (Å²) in [6.45, 7) is 10.4. The van der Waals surface area contributed by atoms with Crippen molar-refractivity contribution >= 4 is 11.9 Å². The van der Waals surface area contributed by atoms with Gasteiger partial charge in [-0.2, -0.15) is 0 Å². The third-order valence-electron chi connectivity index (χ3n) is 4.47. The maximum Gasteiger partial charge on any atom is 0.186 e. The predicted molar refractivity (Wildman–Crippen MR) is 89.9 cm³/mol. The molecule has 21 heavy (non-hydrogen) atoms. The lowest BCUT2D eigenvalue weighted by Gasteiger charge is -2.16. The maximum atomic E-state index is 12.6. The Hall–Kier alpha value is -2.15. The Labute approximate surface area is 127 Å². The molecule has 0 radical (unpaired) electrons. The molecular formula is C20H22O. The van der Waals surface area contributed by atoms with E-state index in [-0.39, 0.29) is 5.78 Å². The summed E-state index contributed by atoms with van der Waals surface area (Å²) in [7, 11) is 0. The number of ketones is 1. The van der Waals surface area contributed by atoms with Crippen LogP contribution in [0, 0.1) is 34.6 Å². The Kier molecular flexibility index (Phi) is 4.42. The molecule has 1 heteroatoms. The Morgan fingerprint density at radius 3 is 1.76 bits per heavy atom. The zero-order chi connectivity index (χ0) is 15.6. The van der Waals surface area contributed by atoms with Crippen molar-refractivity contribution in [3.8, 4) is 0 Å². The fourth-order valence-corrected chi connectivity index (χ4v) is 2.69. The molecule has 0 aliphatic heterocycles. The third-order valence-corrected chi connectivity index (χ3v) is 4.47. The van der Waals surface area contributed by atoms with E-state index in [4.69, 9.17) is 0 Å². The molecule has 1 nitrogen and oxygen atoms in total. The first-order valence-electron chi connectivity index (χ1n) is 7.28. The number of rotatable bonds is 3. The maximum absolute atomic E-state index is 12.6. The van der Waals surface area contributed by atoms with Gasteiger partial charge in [0.25, 0.3) is 0 Å². The summed E-state index contributed by atoms with van der Waals surface area (Å²) in [5, 5.41) is 0. The van der Waals surface area contributed by atoms with E-state index >= 15 is 0 Å². The van der Waals surface area contributed by atoms with Crippen molar-refractivity contribution in [3.63, 3.8) is 0 Å². The van der Waals surface area contributed by atoms with E-state index in [1.807, 2.05) is 50.3 Å². The fourth-order valence-electron chi connectivity index (χ4n) is 2.69. The summed E-state index contributed by atoms with van der Waals surface area (Å²) >= 11 is 0. The molecular weight excluding hydrogens is 256 g/mol. The molecule has 0 aliphatic rings. The van der Waals surface area contributed by atoms with E-state index in [0.717, 1.165) is 22.3 Å². The van der Waals surface area contributed by atoms with Crippen molar-refractivity contribution in [1.29, 1.82) is 0 Å². The van der Waals surface area contributed by atoms with E-state index in [2.05, 4.69) is 20.8 Å². The van der Waals surface area contributed by atoms with Gasteiger partial charge >= 0.3 is 0 Å². The van der Waals surface area contributed by atoms with Crippen molar-refractivity contribution in [2.45, 2.75) is 34.6 Å². The molecule has 0 aromatic heterocycles. The van der Waals surface area contributed by atoms with Gasteiger partial charge in [0.1, 0.15) is 0 Å². The molecule has 0 saturated carbocycles. The molecule has 0 atom stereocenters. The van der Waals surface area contributed by atoms with Crippen LogP contribution in [0.5, 0.6) is 0 Å². The predicted octanol–water partition coefficient (Wildman–Crippen LogP) is 5.12. The van der Waals surface area contributed by atoms with Gasteiger partial charge in [-0.15, -0.1) is 0 Å². The highest BCUT2D eigenvalue weighted by Gasteiger charge is 2.16. The minimum absolute atomic E-state index is 0.0834. The van der Waals surface area contributed by atoms with Crippen molar-refractivity contribution < 1.29 is 4.79 Å². The first kappa shape index (κ1) is 15.2. The molecule has 0 aliphatic carbocycles. The molecule has 2 aromatic rings. The second-order valence-corrected chi connectivity index (χ2v) is 5.61. The molecule has 0 N–H and O–H groups in total. The SMILES string of the molecule is Cc1c(C)c(C)c(C(=O)C=Cc2ccccc2)c(C)c1C. The molecule has 0 bridgehead atoms. The summed E-state index contributed by atoms with van der Waals surface area (Å²) in [5.74, 6) is 0.0834. The first-order valence-corrected chi connectivity index (χ1v) is 7.28. The molecule has 0 unspecified atom stereocenters. The number of carbonyl (C=O) groups excluding carboxylic acids is 1. The average molecular weight is 278 g/mol. The lowest BCUT2D eigenvalue weighted by molar-refractivity contribution is 0.104. The number of hydrogen-bond acceptors (Lipinski definition) is 1. The molecule has 108 valence electrons. The van der Waals surface area contributed by atoms with Gasteiger partial charge < -0.3 is 0 Å². The topological polar surface area (TPSA) is 17.1 Å². The number of carbonyl (C=O) groups is 1. The van der Waals surface area contributed by atoms with Crippen LogP contribution < -0.4 is 0 Å². The van der Waals surface area contributed by atoms with Gasteiger partial charge in [-0.1, -0.05) is 36.4 Å². The quantitative estimate of drug-likeness (QED) is 0.562. The monoisotopic (exact) mass is 278 g/mol. The summed E-state index contributed by atoms with van der Waals surface area (Å²) < 4.78 is 0. The Bertz CT molecular complexity index is 677. The smallest absolute Gasteiger partial charge is 0.186 e. The zero-order valence-corrected chi connectivity index (χ0v) is 13.4. The molecule has 0 fully saturated rings. The van der Waals surface area contributed by atoms with Crippen molar-refractivity contribution in [3.05, 3.63) is 75.4 Å². The zero-order valence-electron chi connectivity index (χ0n) is 13.4. The van der Waals surface area contributed by atoms with Crippen LogP contribution in [0.2, 0.25) is 0 Å². The summed E-state index contributed by atoms with van der Waals surface area (Å²) in [6, 6.07) is 9.91. The lowest BCUT2D eigenvalue weighted by atomic mass is 9.87. The van der Waals surface area contributed by atoms with Gasteiger partial charge in [-0.05, 0) is 74.1 Å². The van der Waals surface area contributed by atoms with E-state index in [1.165, 1.54) is 16.7 Å². The van der Waals surface area contributed by atoms with E-state index in [1.54, 1.807) is 6.08 Å². The van der Waals surface area contributed by atoms with Crippen LogP contribution in [0.4, 0.5) is 0 Å². The molecule has 2 rings (SSSR count). The normalized spacial score (nSPS) is 11.1. The first-order chi connectivity index (χ1) is 9.93. The molecule has 0 heterocycles. The van der Waals surface area contributed by atoms with Crippen molar-refractivity contribution in [1.82, 2.24) is 0 Å². The second-order valence-electron chi connectivity index (χ2n) is 5.61. The average Bonchev–Trinajstić information content (AvgIpc) is 2.50. The van der Waals surface area contributed by atoms with Crippen LogP contribution in [-0.2, 0) is 0 Å². The van der Waals surface area contributed by atoms with Crippen LogP contribution in [0.15, 0.2) is 36.4 Å². The highest BCUT2D eigenvalue weighted by Crippen LogP contribution is 2.26. The Morgan fingerprint density at radius 2 is 1.24 bits per heavy atom. The van der Waals surface area contributed by atoms with Gasteiger partial charge in [0.15, 0.2) is 5.78 Å². The van der Waals surface area contributed by atoms with E-state index in [0.29, 0.717) is 0 Å². The van der Waals surface area contributed by atoms with Crippen LogP contribution in [0.3, 0.4) is 0 Å². The number of allylic oxidation sites excluding steroid dienone is 1. The largest absolute Gasteiger partial charge is 0.289 e. The van der Waals surface area contributed by atoms with Gasteiger partial charge in [-0.3, -0.25) is 4.79 Å². The highest BCUT2D eigenvalue weighted by atomic mass is 16.1. The fraction of sp³-hybridized carbons (Fsp3) is 0.250. The van der Waals surface area contributed by atoms with Crippen LogP contribution in [0.1, 0.15) is 43.7 Å².